The number of rotatable bonds is 6. The Kier molecular flexibility index (Phi) is 5.94. The molecule has 6 atom stereocenters. The molecule has 0 saturated heterocycles. The zero-order valence-corrected chi connectivity index (χ0v) is 17.8. The lowest BCUT2D eigenvalue weighted by Gasteiger charge is -2.54. The highest BCUT2D eigenvalue weighted by molar-refractivity contribution is 5.85. The summed E-state index contributed by atoms with van der Waals surface area (Å²) in [5, 5.41) is 20.8. The Balaban J connectivity index is 1.85. The first-order valence-corrected chi connectivity index (χ1v) is 10.7. The van der Waals surface area contributed by atoms with Crippen LogP contribution in [0.2, 0.25) is 0 Å². The van der Waals surface area contributed by atoms with Gasteiger partial charge < -0.3 is 14.9 Å². The van der Waals surface area contributed by atoms with Crippen molar-refractivity contribution in [3.05, 3.63) is 35.5 Å². The van der Waals surface area contributed by atoms with E-state index in [2.05, 4.69) is 40.3 Å². The molecule has 2 aliphatic carbocycles. The van der Waals surface area contributed by atoms with Gasteiger partial charge >= 0.3 is 5.97 Å². The zero-order valence-electron chi connectivity index (χ0n) is 17.8. The molecule has 1 saturated carbocycles. The molecule has 0 aromatic carbocycles. The van der Waals surface area contributed by atoms with Crippen LogP contribution in [-0.2, 0) is 9.53 Å². The van der Waals surface area contributed by atoms with Crippen LogP contribution in [0.25, 0.3) is 0 Å². The molecule has 0 spiro atoms. The van der Waals surface area contributed by atoms with Gasteiger partial charge in [0.1, 0.15) is 0 Å². The summed E-state index contributed by atoms with van der Waals surface area (Å²) in [5.74, 6) is 0.273. The molecule has 1 heterocycles. The summed E-state index contributed by atoms with van der Waals surface area (Å²) in [4.78, 5) is 11.5. The summed E-state index contributed by atoms with van der Waals surface area (Å²) in [5.41, 5.74) is 3.20. The van der Waals surface area contributed by atoms with E-state index in [0.29, 0.717) is 23.8 Å². The number of hydrogen-bond donors (Lipinski definition) is 2. The number of allylic oxidation sites excluding steroid dienone is 3. The van der Waals surface area contributed by atoms with Crippen molar-refractivity contribution in [3.63, 3.8) is 0 Å². The van der Waals surface area contributed by atoms with Crippen molar-refractivity contribution < 1.29 is 19.7 Å². The summed E-state index contributed by atoms with van der Waals surface area (Å²) in [7, 11) is 0. The van der Waals surface area contributed by atoms with Gasteiger partial charge in [-0.2, -0.15) is 0 Å². The molecule has 4 nitrogen and oxygen atoms in total. The average Bonchev–Trinajstić information content (AvgIpc) is 2.96. The van der Waals surface area contributed by atoms with E-state index in [1.54, 1.807) is 5.57 Å². The minimum absolute atomic E-state index is 0.0827. The maximum Gasteiger partial charge on any atom is 0.333 e. The first kappa shape index (κ1) is 21.3. The SMILES string of the molecule is C=C(C)CCC1(C)CCCC2C1=CCC(C)C2(C)C[C@@H](O)C1=CC(=O)O[C@H]1O. The Hall–Kier alpha value is -1.39. The zero-order chi connectivity index (χ0) is 20.7. The molecule has 4 unspecified atom stereocenters. The van der Waals surface area contributed by atoms with Gasteiger partial charge in [0.25, 0.3) is 0 Å². The molecule has 3 rings (SSSR count). The van der Waals surface area contributed by atoms with Crippen LogP contribution < -0.4 is 0 Å². The van der Waals surface area contributed by atoms with Gasteiger partial charge in [-0.25, -0.2) is 4.79 Å². The second kappa shape index (κ2) is 7.79. The van der Waals surface area contributed by atoms with Crippen LogP contribution in [0.15, 0.2) is 35.5 Å². The summed E-state index contributed by atoms with van der Waals surface area (Å²) < 4.78 is 4.78. The van der Waals surface area contributed by atoms with Gasteiger partial charge in [-0.1, -0.05) is 44.4 Å². The number of carbonyl (C=O) groups is 1. The average molecular weight is 389 g/mol. The molecule has 28 heavy (non-hydrogen) atoms. The smallest absolute Gasteiger partial charge is 0.333 e. The Labute approximate surface area is 169 Å². The molecule has 1 aliphatic heterocycles. The van der Waals surface area contributed by atoms with Crippen LogP contribution in [-0.4, -0.2) is 28.6 Å². The summed E-state index contributed by atoms with van der Waals surface area (Å²) in [6.45, 7) is 13.1. The van der Waals surface area contributed by atoms with Crippen LogP contribution in [0.1, 0.15) is 72.6 Å². The molecule has 2 N–H and O–H groups in total. The van der Waals surface area contributed by atoms with Gasteiger partial charge in [-0.15, -0.1) is 6.58 Å². The molecule has 156 valence electrons. The van der Waals surface area contributed by atoms with E-state index < -0.39 is 18.4 Å². The lowest BCUT2D eigenvalue weighted by molar-refractivity contribution is -0.152. The van der Waals surface area contributed by atoms with Gasteiger partial charge in [-0.3, -0.25) is 0 Å². The number of hydrogen-bond acceptors (Lipinski definition) is 4. The van der Waals surface area contributed by atoms with Gasteiger partial charge in [0.15, 0.2) is 0 Å². The van der Waals surface area contributed by atoms with Crippen molar-refractivity contribution in [3.8, 4) is 0 Å². The second-order valence-corrected chi connectivity index (χ2v) is 9.92. The third kappa shape index (κ3) is 3.86. The number of fused-ring (bicyclic) bond motifs is 1. The molecule has 4 heteroatoms. The molecule has 0 aromatic heterocycles. The molecular weight excluding hydrogens is 352 g/mol. The first-order valence-electron chi connectivity index (χ1n) is 10.7. The Morgan fingerprint density at radius 2 is 2.14 bits per heavy atom. The first-order chi connectivity index (χ1) is 13.1. The molecule has 3 aliphatic rings. The summed E-state index contributed by atoms with van der Waals surface area (Å²) in [6, 6.07) is 0. The fourth-order valence-electron chi connectivity index (χ4n) is 5.72. The highest BCUT2D eigenvalue weighted by Crippen LogP contribution is 2.59. The monoisotopic (exact) mass is 388 g/mol. The number of aliphatic hydroxyl groups excluding tert-OH is 2. The van der Waals surface area contributed by atoms with Crippen molar-refractivity contribution in [2.24, 2.45) is 22.7 Å². The van der Waals surface area contributed by atoms with Crippen molar-refractivity contribution in [1.29, 1.82) is 0 Å². The van der Waals surface area contributed by atoms with Gasteiger partial charge in [0.2, 0.25) is 6.29 Å². The molecule has 0 bridgehead atoms. The number of esters is 1. The number of aliphatic hydroxyl groups is 2. The van der Waals surface area contributed by atoms with Crippen molar-refractivity contribution >= 4 is 5.97 Å². The van der Waals surface area contributed by atoms with Crippen LogP contribution in [0, 0.1) is 22.7 Å². The highest BCUT2D eigenvalue weighted by Gasteiger charge is 2.50. The quantitative estimate of drug-likeness (QED) is 0.512. The van der Waals surface area contributed by atoms with E-state index in [9.17, 15) is 15.0 Å². The third-order valence-corrected chi connectivity index (χ3v) is 7.83. The van der Waals surface area contributed by atoms with Gasteiger partial charge in [-0.05, 0) is 68.1 Å². The number of cyclic esters (lactones) is 1. The predicted octanol–water partition coefficient (Wildman–Crippen LogP) is 4.67. The number of carbonyl (C=O) groups excluding carboxylic acids is 1. The topological polar surface area (TPSA) is 66.8 Å². The lowest BCUT2D eigenvalue weighted by Crippen LogP contribution is -2.46. The lowest BCUT2D eigenvalue weighted by atomic mass is 9.50. The maximum absolute atomic E-state index is 11.5. The van der Waals surface area contributed by atoms with Crippen molar-refractivity contribution in [2.75, 3.05) is 0 Å². The molecule has 1 fully saturated rings. The standard InChI is InChI=1S/C24H36O4/c1-15(2)10-12-23(4)11-6-7-19-18(23)9-8-16(3)24(19,5)14-20(25)17-13-21(26)28-22(17)27/h9,13,16,19-20,22,25,27H,1,6-8,10-12,14H2,2-5H3/t16?,19?,20-,22-,23?,24?/m1/s1. The molecule has 0 radical (unpaired) electrons. The normalized spacial score (nSPS) is 38.9. The van der Waals surface area contributed by atoms with E-state index >= 15 is 0 Å². The number of ether oxygens (including phenoxy) is 1. The van der Waals surface area contributed by atoms with Crippen LogP contribution in [0.5, 0.6) is 0 Å². The predicted molar refractivity (Wildman–Crippen MR) is 110 cm³/mol. The maximum atomic E-state index is 11.5. The van der Waals surface area contributed by atoms with Crippen LogP contribution in [0.3, 0.4) is 0 Å². The summed E-state index contributed by atoms with van der Waals surface area (Å²) in [6.07, 6.45) is 8.81. The minimum atomic E-state index is -1.31. The van der Waals surface area contributed by atoms with E-state index in [-0.39, 0.29) is 10.8 Å². The molecular formula is C24H36O4. The Morgan fingerprint density at radius 3 is 2.75 bits per heavy atom. The Morgan fingerprint density at radius 1 is 1.43 bits per heavy atom. The van der Waals surface area contributed by atoms with E-state index in [1.165, 1.54) is 24.5 Å². The molecule has 0 aromatic rings. The minimum Gasteiger partial charge on any atom is -0.429 e. The van der Waals surface area contributed by atoms with E-state index in [4.69, 9.17) is 4.74 Å². The van der Waals surface area contributed by atoms with Gasteiger partial charge in [0.05, 0.1) is 6.10 Å². The van der Waals surface area contributed by atoms with E-state index in [0.717, 1.165) is 25.7 Å². The third-order valence-electron chi connectivity index (χ3n) is 7.83. The van der Waals surface area contributed by atoms with Crippen LogP contribution >= 0.6 is 0 Å². The fraction of sp³-hybridized carbons (Fsp3) is 0.708. The fourth-order valence-corrected chi connectivity index (χ4v) is 5.72. The summed E-state index contributed by atoms with van der Waals surface area (Å²) >= 11 is 0. The second-order valence-electron chi connectivity index (χ2n) is 9.92. The van der Waals surface area contributed by atoms with Gasteiger partial charge in [0, 0.05) is 11.6 Å². The van der Waals surface area contributed by atoms with E-state index in [1.807, 2.05) is 0 Å². The Bertz CT molecular complexity index is 705. The molecule has 0 amide bonds. The van der Waals surface area contributed by atoms with Crippen LogP contribution in [0.4, 0.5) is 0 Å². The van der Waals surface area contributed by atoms with Crippen molar-refractivity contribution in [2.45, 2.75) is 85.0 Å². The highest BCUT2D eigenvalue weighted by atomic mass is 16.6. The van der Waals surface area contributed by atoms with Crippen molar-refractivity contribution in [1.82, 2.24) is 0 Å². The largest absolute Gasteiger partial charge is 0.429 e.